The SMILES string of the molecule is Cc1ccc2nc(C#Cc3ccccc3)oc2c1. The van der Waals surface area contributed by atoms with Gasteiger partial charge in [0.1, 0.15) is 5.52 Å². The van der Waals surface area contributed by atoms with Gasteiger partial charge in [-0.2, -0.15) is 0 Å². The van der Waals surface area contributed by atoms with Gasteiger partial charge in [-0.15, -0.1) is 0 Å². The summed E-state index contributed by atoms with van der Waals surface area (Å²) in [7, 11) is 0. The summed E-state index contributed by atoms with van der Waals surface area (Å²) in [6, 6.07) is 15.7. The van der Waals surface area contributed by atoms with Crippen molar-refractivity contribution in [1.82, 2.24) is 4.98 Å². The van der Waals surface area contributed by atoms with Crippen LogP contribution in [0.5, 0.6) is 0 Å². The lowest BCUT2D eigenvalue weighted by Gasteiger charge is -1.87. The lowest BCUT2D eigenvalue weighted by atomic mass is 10.2. The molecule has 0 bridgehead atoms. The van der Waals surface area contributed by atoms with E-state index in [1.54, 1.807) is 0 Å². The Labute approximate surface area is 105 Å². The van der Waals surface area contributed by atoms with Crippen LogP contribution in [-0.2, 0) is 0 Å². The fourth-order valence-electron chi connectivity index (χ4n) is 1.73. The van der Waals surface area contributed by atoms with E-state index in [0.717, 1.165) is 22.2 Å². The second kappa shape index (κ2) is 4.38. The van der Waals surface area contributed by atoms with E-state index < -0.39 is 0 Å². The maximum Gasteiger partial charge on any atom is 0.274 e. The van der Waals surface area contributed by atoms with Gasteiger partial charge >= 0.3 is 0 Å². The van der Waals surface area contributed by atoms with Crippen molar-refractivity contribution < 1.29 is 4.42 Å². The molecule has 0 radical (unpaired) electrons. The molecule has 0 N–H and O–H groups in total. The van der Waals surface area contributed by atoms with Crippen LogP contribution in [0.15, 0.2) is 52.9 Å². The Balaban J connectivity index is 1.99. The minimum atomic E-state index is 0.458. The average molecular weight is 233 g/mol. The molecule has 86 valence electrons. The monoisotopic (exact) mass is 233 g/mol. The molecule has 3 aromatic rings. The number of aryl methyl sites for hydroxylation is 1. The highest BCUT2D eigenvalue weighted by molar-refractivity contribution is 5.73. The van der Waals surface area contributed by atoms with Gasteiger partial charge in [0.05, 0.1) is 0 Å². The predicted octanol–water partition coefficient (Wildman–Crippen LogP) is 3.54. The summed E-state index contributed by atoms with van der Waals surface area (Å²) < 4.78 is 5.59. The summed E-state index contributed by atoms with van der Waals surface area (Å²) in [6.07, 6.45) is 0. The minimum Gasteiger partial charge on any atom is -0.430 e. The first-order valence-electron chi connectivity index (χ1n) is 5.75. The van der Waals surface area contributed by atoms with Crippen molar-refractivity contribution in [1.29, 1.82) is 0 Å². The van der Waals surface area contributed by atoms with Crippen LogP contribution < -0.4 is 0 Å². The van der Waals surface area contributed by atoms with Crippen LogP contribution in [0.1, 0.15) is 17.0 Å². The second-order valence-corrected chi connectivity index (χ2v) is 4.11. The smallest absolute Gasteiger partial charge is 0.274 e. The summed E-state index contributed by atoms with van der Waals surface area (Å²) >= 11 is 0. The molecule has 0 atom stereocenters. The third kappa shape index (κ3) is 2.11. The molecule has 2 heteroatoms. The summed E-state index contributed by atoms with van der Waals surface area (Å²) in [5.74, 6) is 6.43. The minimum absolute atomic E-state index is 0.458. The van der Waals surface area contributed by atoms with Crippen molar-refractivity contribution in [2.45, 2.75) is 6.92 Å². The summed E-state index contributed by atoms with van der Waals surface area (Å²) in [4.78, 5) is 4.33. The van der Waals surface area contributed by atoms with E-state index in [9.17, 15) is 0 Å². The van der Waals surface area contributed by atoms with Crippen molar-refractivity contribution in [2.75, 3.05) is 0 Å². The van der Waals surface area contributed by atoms with Crippen LogP contribution in [0.3, 0.4) is 0 Å². The zero-order chi connectivity index (χ0) is 12.4. The maximum absolute atomic E-state index is 5.59. The lowest BCUT2D eigenvalue weighted by Crippen LogP contribution is -1.74. The molecule has 1 heterocycles. The van der Waals surface area contributed by atoms with Crippen molar-refractivity contribution in [2.24, 2.45) is 0 Å². The number of hydrogen-bond donors (Lipinski definition) is 0. The van der Waals surface area contributed by atoms with E-state index in [1.165, 1.54) is 0 Å². The number of rotatable bonds is 0. The number of fused-ring (bicyclic) bond motifs is 1. The normalized spacial score (nSPS) is 10.1. The third-order valence-electron chi connectivity index (χ3n) is 2.63. The molecule has 0 spiro atoms. The first-order chi connectivity index (χ1) is 8.81. The highest BCUT2D eigenvalue weighted by Crippen LogP contribution is 2.16. The first-order valence-corrected chi connectivity index (χ1v) is 5.75. The molecule has 1 aromatic heterocycles. The maximum atomic E-state index is 5.59. The molecule has 0 unspecified atom stereocenters. The average Bonchev–Trinajstić information content (AvgIpc) is 2.79. The molecule has 0 saturated heterocycles. The zero-order valence-corrected chi connectivity index (χ0v) is 9.97. The van der Waals surface area contributed by atoms with Crippen LogP contribution in [0, 0.1) is 18.8 Å². The summed E-state index contributed by atoms with van der Waals surface area (Å²) in [5, 5.41) is 0. The molecule has 0 aliphatic rings. The fraction of sp³-hybridized carbons (Fsp3) is 0.0625. The number of aromatic nitrogens is 1. The van der Waals surface area contributed by atoms with Crippen molar-refractivity contribution in [3.63, 3.8) is 0 Å². The second-order valence-electron chi connectivity index (χ2n) is 4.11. The Kier molecular flexibility index (Phi) is 2.59. The van der Waals surface area contributed by atoms with E-state index >= 15 is 0 Å². The third-order valence-corrected chi connectivity index (χ3v) is 2.63. The molecule has 0 aliphatic heterocycles. The molecule has 0 fully saturated rings. The van der Waals surface area contributed by atoms with Crippen LogP contribution in [-0.4, -0.2) is 4.98 Å². The molecule has 2 aromatic carbocycles. The van der Waals surface area contributed by atoms with Gasteiger partial charge < -0.3 is 4.42 Å². The van der Waals surface area contributed by atoms with Gasteiger partial charge in [0, 0.05) is 5.56 Å². The van der Waals surface area contributed by atoms with E-state index in [0.29, 0.717) is 5.89 Å². The Bertz CT molecular complexity index is 745. The zero-order valence-electron chi connectivity index (χ0n) is 9.97. The molecule has 18 heavy (non-hydrogen) atoms. The number of nitrogens with zero attached hydrogens (tertiary/aromatic N) is 1. The van der Waals surface area contributed by atoms with E-state index in [-0.39, 0.29) is 0 Å². The van der Waals surface area contributed by atoms with Gasteiger partial charge in [0.25, 0.3) is 5.89 Å². The van der Waals surface area contributed by atoms with E-state index in [2.05, 4.69) is 16.8 Å². The Hall–Kier alpha value is -2.53. The highest BCUT2D eigenvalue weighted by Gasteiger charge is 2.02. The fourth-order valence-corrected chi connectivity index (χ4v) is 1.73. The summed E-state index contributed by atoms with van der Waals surface area (Å²) in [6.45, 7) is 2.03. The van der Waals surface area contributed by atoms with Gasteiger partial charge in [-0.25, -0.2) is 4.98 Å². The van der Waals surface area contributed by atoms with Crippen molar-refractivity contribution in [3.8, 4) is 11.8 Å². The number of benzene rings is 2. The van der Waals surface area contributed by atoms with Crippen LogP contribution in [0.2, 0.25) is 0 Å². The topological polar surface area (TPSA) is 26.0 Å². The van der Waals surface area contributed by atoms with Crippen LogP contribution >= 0.6 is 0 Å². The molecular weight excluding hydrogens is 222 g/mol. The van der Waals surface area contributed by atoms with Crippen LogP contribution in [0.25, 0.3) is 11.1 Å². The Morgan fingerprint density at radius 3 is 2.67 bits per heavy atom. The van der Waals surface area contributed by atoms with Crippen molar-refractivity contribution >= 4 is 11.1 Å². The van der Waals surface area contributed by atoms with Gasteiger partial charge in [-0.05, 0) is 42.7 Å². The molecule has 0 aliphatic carbocycles. The lowest BCUT2D eigenvalue weighted by molar-refractivity contribution is 0.586. The number of oxazole rings is 1. The van der Waals surface area contributed by atoms with Gasteiger partial charge in [-0.1, -0.05) is 30.2 Å². The van der Waals surface area contributed by atoms with Crippen molar-refractivity contribution in [3.05, 3.63) is 65.5 Å². The summed E-state index contributed by atoms with van der Waals surface area (Å²) in [5.41, 5.74) is 3.74. The van der Waals surface area contributed by atoms with E-state index in [1.807, 2.05) is 55.5 Å². The van der Waals surface area contributed by atoms with Gasteiger partial charge in [0.15, 0.2) is 5.58 Å². The molecule has 0 saturated carbocycles. The molecule has 0 amide bonds. The predicted molar refractivity (Wildman–Crippen MR) is 71.2 cm³/mol. The standard InChI is InChI=1S/C16H11NO/c1-12-7-9-14-15(11-12)18-16(17-14)10-8-13-5-3-2-4-6-13/h2-7,9,11H,1H3. The van der Waals surface area contributed by atoms with Gasteiger partial charge in [0.2, 0.25) is 0 Å². The Morgan fingerprint density at radius 1 is 1.00 bits per heavy atom. The largest absolute Gasteiger partial charge is 0.430 e. The quantitative estimate of drug-likeness (QED) is 0.555. The van der Waals surface area contributed by atoms with E-state index in [4.69, 9.17) is 4.42 Å². The highest BCUT2D eigenvalue weighted by atomic mass is 16.3. The molecular formula is C16H11NO. The Morgan fingerprint density at radius 2 is 1.83 bits per heavy atom. The molecule has 2 nitrogen and oxygen atoms in total. The van der Waals surface area contributed by atoms with Gasteiger partial charge in [-0.3, -0.25) is 0 Å². The first kappa shape index (κ1) is 10.6. The number of hydrogen-bond acceptors (Lipinski definition) is 2. The van der Waals surface area contributed by atoms with Crippen LogP contribution in [0.4, 0.5) is 0 Å². The molecule has 3 rings (SSSR count).